The zero-order valence-corrected chi connectivity index (χ0v) is 13.2. The summed E-state index contributed by atoms with van der Waals surface area (Å²) in [5.41, 5.74) is 3.27. The van der Waals surface area contributed by atoms with Crippen molar-refractivity contribution in [1.82, 2.24) is 9.78 Å². The third-order valence-electron chi connectivity index (χ3n) is 3.03. The van der Waals surface area contributed by atoms with E-state index in [0.29, 0.717) is 18.9 Å². The number of aryl methyl sites for hydroxylation is 2. The number of halogens is 1. The van der Waals surface area contributed by atoms with Crippen LogP contribution in [0.1, 0.15) is 23.1 Å². The number of alkyl halides is 1. The van der Waals surface area contributed by atoms with E-state index in [1.165, 1.54) is 5.56 Å². The predicted octanol–water partition coefficient (Wildman–Crippen LogP) is 3.33. The second kappa shape index (κ2) is 7.75. The highest BCUT2D eigenvalue weighted by atomic mass is 35.5. The van der Waals surface area contributed by atoms with Crippen molar-refractivity contribution in [2.75, 3.05) is 12.5 Å². The van der Waals surface area contributed by atoms with E-state index in [1.807, 2.05) is 44.6 Å². The van der Waals surface area contributed by atoms with Crippen molar-refractivity contribution >= 4 is 11.6 Å². The highest BCUT2D eigenvalue weighted by Gasteiger charge is 2.02. The van der Waals surface area contributed by atoms with Crippen LogP contribution in [-0.2, 0) is 13.5 Å². The monoisotopic (exact) mass is 302 g/mol. The smallest absolute Gasteiger partial charge is 0.122 e. The summed E-state index contributed by atoms with van der Waals surface area (Å²) < 4.78 is 7.62. The van der Waals surface area contributed by atoms with Gasteiger partial charge in [0.15, 0.2) is 0 Å². The fourth-order valence-electron chi connectivity index (χ4n) is 1.98. The average molecular weight is 303 g/mol. The Balaban J connectivity index is 1.90. The summed E-state index contributed by atoms with van der Waals surface area (Å²) in [5, 5.41) is 4.14. The minimum atomic E-state index is 0.571. The van der Waals surface area contributed by atoms with Crippen LogP contribution in [0.4, 0.5) is 0 Å². The first-order chi connectivity index (χ1) is 10.2. The molecule has 0 bridgehead atoms. The summed E-state index contributed by atoms with van der Waals surface area (Å²) in [4.78, 5) is 0. The van der Waals surface area contributed by atoms with Crippen molar-refractivity contribution in [2.24, 2.45) is 7.05 Å². The van der Waals surface area contributed by atoms with Crippen molar-refractivity contribution in [3.8, 4) is 17.6 Å². The van der Waals surface area contributed by atoms with Gasteiger partial charge < -0.3 is 4.74 Å². The SMILES string of the molecule is Cc1cc(C#CCCCl)ccc1OCCc1cnn(C)c1. The van der Waals surface area contributed by atoms with Crippen LogP contribution < -0.4 is 4.74 Å². The van der Waals surface area contributed by atoms with Gasteiger partial charge in [0.2, 0.25) is 0 Å². The van der Waals surface area contributed by atoms with E-state index in [0.717, 1.165) is 23.3 Å². The first-order valence-electron chi connectivity index (χ1n) is 6.95. The number of aromatic nitrogens is 2. The van der Waals surface area contributed by atoms with Crippen molar-refractivity contribution in [3.05, 3.63) is 47.3 Å². The van der Waals surface area contributed by atoms with Gasteiger partial charge in [0, 0.05) is 37.5 Å². The maximum atomic E-state index is 5.82. The molecule has 2 aromatic rings. The lowest BCUT2D eigenvalue weighted by Crippen LogP contribution is -2.02. The normalized spacial score (nSPS) is 10.0. The molecule has 0 saturated carbocycles. The van der Waals surface area contributed by atoms with Crippen molar-refractivity contribution in [1.29, 1.82) is 0 Å². The van der Waals surface area contributed by atoms with E-state index < -0.39 is 0 Å². The lowest BCUT2D eigenvalue weighted by atomic mass is 10.1. The molecule has 0 amide bonds. The highest BCUT2D eigenvalue weighted by molar-refractivity contribution is 6.18. The molecule has 21 heavy (non-hydrogen) atoms. The van der Waals surface area contributed by atoms with E-state index in [1.54, 1.807) is 4.68 Å². The Labute approximate surface area is 130 Å². The second-order valence-corrected chi connectivity index (χ2v) is 5.22. The Morgan fingerprint density at radius 3 is 2.90 bits per heavy atom. The first kappa shape index (κ1) is 15.5. The fraction of sp³-hybridized carbons (Fsp3) is 0.353. The van der Waals surface area contributed by atoms with Gasteiger partial charge >= 0.3 is 0 Å². The lowest BCUT2D eigenvalue weighted by Gasteiger charge is -2.08. The van der Waals surface area contributed by atoms with E-state index in [9.17, 15) is 0 Å². The number of hydrogen-bond acceptors (Lipinski definition) is 2. The van der Waals surface area contributed by atoms with Gasteiger partial charge in [-0.3, -0.25) is 4.68 Å². The van der Waals surface area contributed by atoms with Gasteiger partial charge in [0.05, 0.1) is 12.8 Å². The summed E-state index contributed by atoms with van der Waals surface area (Å²) in [6, 6.07) is 6.00. The molecule has 1 aromatic carbocycles. The van der Waals surface area contributed by atoms with Crippen molar-refractivity contribution < 1.29 is 4.74 Å². The van der Waals surface area contributed by atoms with Gasteiger partial charge in [-0.1, -0.05) is 11.8 Å². The van der Waals surface area contributed by atoms with Crippen LogP contribution in [0.2, 0.25) is 0 Å². The topological polar surface area (TPSA) is 27.1 Å². The van der Waals surface area contributed by atoms with E-state index in [-0.39, 0.29) is 0 Å². The van der Waals surface area contributed by atoms with Crippen molar-refractivity contribution in [2.45, 2.75) is 19.8 Å². The van der Waals surface area contributed by atoms with E-state index >= 15 is 0 Å². The zero-order valence-electron chi connectivity index (χ0n) is 12.4. The summed E-state index contributed by atoms with van der Waals surface area (Å²) in [5.74, 6) is 7.61. The van der Waals surface area contributed by atoms with Crippen LogP contribution >= 0.6 is 11.6 Å². The molecule has 1 heterocycles. The Morgan fingerprint density at radius 2 is 2.24 bits per heavy atom. The van der Waals surface area contributed by atoms with Gasteiger partial charge in [-0.2, -0.15) is 5.10 Å². The number of hydrogen-bond donors (Lipinski definition) is 0. The summed E-state index contributed by atoms with van der Waals surface area (Å²) in [6.07, 6.45) is 5.44. The molecule has 0 aliphatic heterocycles. The molecule has 4 heteroatoms. The Bertz CT molecular complexity index is 652. The lowest BCUT2D eigenvalue weighted by molar-refractivity contribution is 0.320. The van der Waals surface area contributed by atoms with Gasteiger partial charge in [0.25, 0.3) is 0 Å². The fourth-order valence-corrected chi connectivity index (χ4v) is 2.08. The molecule has 0 spiro atoms. The van der Waals surface area contributed by atoms with Gasteiger partial charge in [-0.05, 0) is 36.2 Å². The predicted molar refractivity (Wildman–Crippen MR) is 85.8 cm³/mol. The molecule has 0 N–H and O–H groups in total. The molecule has 0 atom stereocenters. The van der Waals surface area contributed by atoms with Crippen LogP contribution in [0.25, 0.3) is 0 Å². The first-order valence-corrected chi connectivity index (χ1v) is 7.48. The highest BCUT2D eigenvalue weighted by Crippen LogP contribution is 2.19. The van der Waals surface area contributed by atoms with Gasteiger partial charge in [-0.25, -0.2) is 0 Å². The Kier molecular flexibility index (Phi) is 5.71. The Hall–Kier alpha value is -1.92. The molecule has 1 aromatic heterocycles. The second-order valence-electron chi connectivity index (χ2n) is 4.84. The minimum Gasteiger partial charge on any atom is -0.493 e. The van der Waals surface area contributed by atoms with Crippen LogP contribution in [0.3, 0.4) is 0 Å². The summed E-state index contributed by atoms with van der Waals surface area (Å²) in [7, 11) is 1.92. The standard InChI is InChI=1S/C17H19ClN2O/c1-14-11-15(5-3-4-9-18)6-7-17(14)21-10-8-16-12-19-20(2)13-16/h6-7,11-13H,4,8-10H2,1-2H3. The molecule has 0 fully saturated rings. The Morgan fingerprint density at radius 1 is 1.38 bits per heavy atom. The maximum Gasteiger partial charge on any atom is 0.122 e. The third-order valence-corrected chi connectivity index (χ3v) is 3.22. The van der Waals surface area contributed by atoms with Gasteiger partial charge in [0.1, 0.15) is 5.75 Å². The molecule has 0 aliphatic carbocycles. The molecule has 0 saturated heterocycles. The summed E-state index contributed by atoms with van der Waals surface area (Å²) in [6.45, 7) is 2.68. The van der Waals surface area contributed by atoms with Crippen LogP contribution in [0.5, 0.6) is 5.75 Å². The minimum absolute atomic E-state index is 0.571. The van der Waals surface area contributed by atoms with Crippen LogP contribution in [-0.4, -0.2) is 22.3 Å². The molecule has 2 rings (SSSR count). The van der Waals surface area contributed by atoms with E-state index in [4.69, 9.17) is 16.3 Å². The largest absolute Gasteiger partial charge is 0.493 e. The van der Waals surface area contributed by atoms with Gasteiger partial charge in [-0.15, -0.1) is 11.6 Å². The molecular formula is C17H19ClN2O. The molecule has 0 unspecified atom stereocenters. The van der Waals surface area contributed by atoms with Crippen LogP contribution in [0, 0.1) is 18.8 Å². The molecule has 3 nitrogen and oxygen atoms in total. The molecule has 0 radical (unpaired) electrons. The number of nitrogens with zero attached hydrogens (tertiary/aromatic N) is 2. The quantitative estimate of drug-likeness (QED) is 0.626. The van der Waals surface area contributed by atoms with Crippen LogP contribution in [0.15, 0.2) is 30.6 Å². The molecule has 0 aliphatic rings. The number of ether oxygens (including phenoxy) is 1. The van der Waals surface area contributed by atoms with E-state index in [2.05, 4.69) is 16.9 Å². The zero-order chi connectivity index (χ0) is 15.1. The summed E-state index contributed by atoms with van der Waals surface area (Å²) >= 11 is 5.61. The molecular weight excluding hydrogens is 284 g/mol. The number of rotatable bonds is 5. The third kappa shape index (κ3) is 4.84. The average Bonchev–Trinajstić information content (AvgIpc) is 2.87. The number of benzene rings is 1. The van der Waals surface area contributed by atoms with Crippen molar-refractivity contribution in [3.63, 3.8) is 0 Å². The maximum absolute atomic E-state index is 5.82. The molecule has 110 valence electrons.